The highest BCUT2D eigenvalue weighted by Gasteiger charge is 2.17. The van der Waals surface area contributed by atoms with Gasteiger partial charge in [0.15, 0.2) is 5.11 Å². The number of aromatic nitrogens is 2. The lowest BCUT2D eigenvalue weighted by molar-refractivity contribution is -0.125. The number of hydrazine groups is 1. The Morgan fingerprint density at radius 1 is 1.27 bits per heavy atom. The third kappa shape index (κ3) is 4.82. The molecular weight excluding hydrogens is 414 g/mol. The Bertz CT molecular complexity index is 833. The molecule has 3 N–H and O–H groups in total. The van der Waals surface area contributed by atoms with Crippen LogP contribution in [0.5, 0.6) is 0 Å². The highest BCUT2D eigenvalue weighted by atomic mass is 79.9. The molecule has 1 atom stereocenters. The number of hydrogen-bond donors (Lipinski definition) is 3. The molecule has 0 saturated heterocycles. The van der Waals surface area contributed by atoms with E-state index in [1.165, 1.54) is 5.56 Å². The Hall–Kier alpha value is -1.93. The maximum absolute atomic E-state index is 12.3. The van der Waals surface area contributed by atoms with Crippen molar-refractivity contribution in [2.24, 2.45) is 5.92 Å². The molecule has 0 saturated carbocycles. The molecule has 1 heterocycles. The maximum Gasteiger partial charge on any atom is 0.243 e. The molecule has 1 amide bonds. The van der Waals surface area contributed by atoms with E-state index < -0.39 is 0 Å². The number of halogens is 1. The van der Waals surface area contributed by atoms with E-state index in [0.717, 1.165) is 27.1 Å². The molecule has 1 aromatic heterocycles. The smallest absolute Gasteiger partial charge is 0.243 e. The Morgan fingerprint density at radius 3 is 2.58 bits per heavy atom. The Balaban J connectivity index is 1.88. The zero-order chi connectivity index (χ0) is 19.4. The van der Waals surface area contributed by atoms with Crippen LogP contribution in [0.15, 0.2) is 22.7 Å². The average molecular weight is 438 g/mol. The van der Waals surface area contributed by atoms with Gasteiger partial charge in [-0.3, -0.25) is 20.3 Å². The lowest BCUT2D eigenvalue weighted by atomic mass is 10.1. The molecule has 0 aliphatic rings. The molecule has 0 radical (unpaired) electrons. The third-order valence-corrected chi connectivity index (χ3v) is 5.69. The summed E-state index contributed by atoms with van der Waals surface area (Å²) in [5.41, 5.74) is 10.5. The fourth-order valence-corrected chi connectivity index (χ4v) is 2.92. The summed E-state index contributed by atoms with van der Waals surface area (Å²) in [6, 6.07) is 5.94. The van der Waals surface area contributed by atoms with Gasteiger partial charge in [0.2, 0.25) is 5.91 Å². The van der Waals surface area contributed by atoms with Crippen LogP contribution in [0.25, 0.3) is 0 Å². The molecule has 6 nitrogen and oxygen atoms in total. The number of benzene rings is 1. The normalized spacial score (nSPS) is 11.8. The Morgan fingerprint density at radius 2 is 1.96 bits per heavy atom. The van der Waals surface area contributed by atoms with Crippen LogP contribution in [0.1, 0.15) is 29.4 Å². The highest BCUT2D eigenvalue weighted by Crippen LogP contribution is 2.20. The van der Waals surface area contributed by atoms with Crippen molar-refractivity contribution in [1.82, 2.24) is 20.6 Å². The number of amides is 1. The number of nitrogens with zero attached hydrogens (tertiary/aromatic N) is 2. The number of hydrogen-bond acceptors (Lipinski definition) is 3. The lowest BCUT2D eigenvalue weighted by Gasteiger charge is -2.17. The minimum atomic E-state index is -0.268. The van der Waals surface area contributed by atoms with Crippen molar-refractivity contribution in [2.75, 3.05) is 5.32 Å². The zero-order valence-electron chi connectivity index (χ0n) is 15.6. The molecule has 0 fully saturated rings. The lowest BCUT2D eigenvalue weighted by Crippen LogP contribution is -2.46. The number of carbonyl (C=O) groups is 1. The number of nitrogens with one attached hydrogen (secondary N) is 3. The predicted octanol–water partition coefficient (Wildman–Crippen LogP) is 3.53. The summed E-state index contributed by atoms with van der Waals surface area (Å²) in [5, 5.41) is 7.87. The molecular formula is C18H24BrN5OS. The van der Waals surface area contributed by atoms with Crippen LogP contribution in [0.3, 0.4) is 0 Å². The van der Waals surface area contributed by atoms with Gasteiger partial charge in [-0.05, 0) is 73.0 Å². The van der Waals surface area contributed by atoms with E-state index in [9.17, 15) is 4.79 Å². The van der Waals surface area contributed by atoms with Crippen LogP contribution in [0.4, 0.5) is 5.69 Å². The molecule has 2 aromatic rings. The summed E-state index contributed by atoms with van der Waals surface area (Å²) in [7, 11) is 0. The molecule has 0 aliphatic carbocycles. The molecule has 0 aliphatic heterocycles. The van der Waals surface area contributed by atoms with Crippen molar-refractivity contribution >= 4 is 44.9 Å². The number of anilines is 1. The first-order chi connectivity index (χ1) is 12.2. The van der Waals surface area contributed by atoms with E-state index in [1.807, 2.05) is 57.5 Å². The fraction of sp³-hybridized carbons (Fsp3) is 0.389. The van der Waals surface area contributed by atoms with Crippen LogP contribution in [-0.4, -0.2) is 20.8 Å². The van der Waals surface area contributed by atoms with E-state index in [2.05, 4.69) is 37.2 Å². The van der Waals surface area contributed by atoms with Crippen molar-refractivity contribution in [3.8, 4) is 0 Å². The second kappa shape index (κ2) is 8.64. The topological polar surface area (TPSA) is 71.0 Å². The van der Waals surface area contributed by atoms with Crippen molar-refractivity contribution < 1.29 is 4.79 Å². The summed E-state index contributed by atoms with van der Waals surface area (Å²) in [6.45, 7) is 10.3. The van der Waals surface area contributed by atoms with E-state index in [4.69, 9.17) is 12.2 Å². The summed E-state index contributed by atoms with van der Waals surface area (Å²) < 4.78 is 2.80. The maximum atomic E-state index is 12.3. The monoisotopic (exact) mass is 437 g/mol. The van der Waals surface area contributed by atoms with Gasteiger partial charge in [-0.25, -0.2) is 0 Å². The minimum absolute atomic E-state index is 0.154. The molecule has 140 valence electrons. The summed E-state index contributed by atoms with van der Waals surface area (Å²) in [4.78, 5) is 12.3. The largest absolute Gasteiger partial charge is 0.331 e. The minimum Gasteiger partial charge on any atom is -0.331 e. The van der Waals surface area contributed by atoms with Crippen molar-refractivity contribution in [3.63, 3.8) is 0 Å². The molecule has 2 rings (SSSR count). The van der Waals surface area contributed by atoms with Gasteiger partial charge in [-0.15, -0.1) is 0 Å². The number of carbonyl (C=O) groups excluding carboxylic acids is 1. The van der Waals surface area contributed by atoms with Crippen LogP contribution < -0.4 is 16.2 Å². The van der Waals surface area contributed by atoms with Crippen LogP contribution >= 0.6 is 28.1 Å². The Labute approximate surface area is 167 Å². The second-order valence-electron chi connectivity index (χ2n) is 6.38. The first-order valence-electron chi connectivity index (χ1n) is 8.33. The van der Waals surface area contributed by atoms with Gasteiger partial charge in [-0.1, -0.05) is 19.1 Å². The predicted molar refractivity (Wildman–Crippen MR) is 112 cm³/mol. The first kappa shape index (κ1) is 20.4. The molecule has 0 spiro atoms. The fourth-order valence-electron chi connectivity index (χ4n) is 2.48. The average Bonchev–Trinajstić information content (AvgIpc) is 2.83. The molecule has 26 heavy (non-hydrogen) atoms. The number of thiocarbonyl (C=S) groups is 1. The van der Waals surface area contributed by atoms with E-state index in [-0.39, 0.29) is 11.8 Å². The van der Waals surface area contributed by atoms with Crippen LogP contribution in [0, 0.1) is 33.6 Å². The van der Waals surface area contributed by atoms with E-state index >= 15 is 0 Å². The van der Waals surface area contributed by atoms with Gasteiger partial charge in [0.25, 0.3) is 0 Å². The summed E-state index contributed by atoms with van der Waals surface area (Å²) in [5.74, 6) is -0.422. The van der Waals surface area contributed by atoms with E-state index in [1.54, 1.807) is 0 Å². The van der Waals surface area contributed by atoms with Crippen molar-refractivity contribution in [2.45, 2.75) is 41.2 Å². The molecule has 0 bridgehead atoms. The quantitative estimate of drug-likeness (QED) is 0.503. The van der Waals surface area contributed by atoms with Gasteiger partial charge in [0.1, 0.15) is 0 Å². The van der Waals surface area contributed by atoms with Gasteiger partial charge in [0, 0.05) is 11.4 Å². The third-order valence-electron chi connectivity index (χ3n) is 4.34. The molecule has 0 unspecified atom stereocenters. The van der Waals surface area contributed by atoms with Gasteiger partial charge >= 0.3 is 0 Å². The highest BCUT2D eigenvalue weighted by molar-refractivity contribution is 9.10. The first-order valence-corrected chi connectivity index (χ1v) is 9.53. The van der Waals surface area contributed by atoms with Crippen molar-refractivity contribution in [3.05, 3.63) is 45.2 Å². The Kier molecular flexibility index (Phi) is 6.77. The SMILES string of the molecule is Cc1cccc(NC(=S)NNC(=O)[C@@H](C)Cn2nc(C)c(Br)c2C)c1C. The van der Waals surface area contributed by atoms with E-state index in [0.29, 0.717) is 11.7 Å². The van der Waals surface area contributed by atoms with Crippen LogP contribution in [-0.2, 0) is 11.3 Å². The summed E-state index contributed by atoms with van der Waals surface area (Å²) in [6.07, 6.45) is 0. The number of aryl methyl sites for hydroxylation is 2. The molecule has 8 heteroatoms. The molecule has 1 aromatic carbocycles. The number of rotatable bonds is 4. The zero-order valence-corrected chi connectivity index (χ0v) is 18.0. The standard InChI is InChI=1S/C18H24BrN5OS/c1-10-7-6-8-15(12(10)3)20-18(26)22-21-17(25)11(2)9-24-14(5)16(19)13(4)23-24/h6-8,11H,9H2,1-5H3,(H,21,25)(H2,20,22,26)/t11-/m0/s1. The van der Waals surface area contributed by atoms with Gasteiger partial charge in [0.05, 0.1) is 22.6 Å². The van der Waals surface area contributed by atoms with Gasteiger partial charge in [-0.2, -0.15) is 5.10 Å². The summed E-state index contributed by atoms with van der Waals surface area (Å²) >= 11 is 8.75. The van der Waals surface area contributed by atoms with Crippen LogP contribution in [0.2, 0.25) is 0 Å². The van der Waals surface area contributed by atoms with Crippen molar-refractivity contribution in [1.29, 1.82) is 0 Å². The second-order valence-corrected chi connectivity index (χ2v) is 7.59. The van der Waals surface area contributed by atoms with Gasteiger partial charge < -0.3 is 5.32 Å².